The first-order chi connectivity index (χ1) is 8.78. The van der Waals surface area contributed by atoms with Crippen LogP contribution in [0.5, 0.6) is 0 Å². The zero-order valence-electron chi connectivity index (χ0n) is 11.5. The Bertz CT molecular complexity index is 236. The van der Waals surface area contributed by atoms with Crippen molar-refractivity contribution in [1.29, 1.82) is 0 Å². The number of rotatable bonds is 5. The number of aliphatic hydroxyl groups excluding tert-OH is 1. The van der Waals surface area contributed by atoms with Crippen LogP contribution in [0.4, 0.5) is 0 Å². The highest BCUT2D eigenvalue weighted by molar-refractivity contribution is 4.92. The number of hydrogen-bond donors (Lipinski definition) is 2. The predicted molar refractivity (Wildman–Crippen MR) is 70.7 cm³/mol. The molecule has 0 bridgehead atoms. The molecule has 2 rings (SSSR count). The predicted octanol–water partition coefficient (Wildman–Crippen LogP) is 1.47. The van der Waals surface area contributed by atoms with Crippen LogP contribution in [0, 0.1) is 0 Å². The van der Waals surface area contributed by atoms with Crippen molar-refractivity contribution in [2.45, 2.75) is 62.6 Å². The molecule has 0 amide bonds. The van der Waals surface area contributed by atoms with E-state index < -0.39 is 0 Å². The first kappa shape index (κ1) is 14.3. The quantitative estimate of drug-likeness (QED) is 0.783. The van der Waals surface area contributed by atoms with Crippen molar-refractivity contribution in [1.82, 2.24) is 5.32 Å². The molecule has 1 heterocycles. The third-order valence-corrected chi connectivity index (χ3v) is 4.32. The molecule has 0 aromatic rings. The molecule has 1 aliphatic heterocycles. The van der Waals surface area contributed by atoms with Gasteiger partial charge in [-0.15, -0.1) is 0 Å². The van der Waals surface area contributed by atoms with Gasteiger partial charge in [-0.1, -0.05) is 19.3 Å². The molecule has 4 heteroatoms. The molecule has 1 saturated carbocycles. The fourth-order valence-electron chi connectivity index (χ4n) is 3.40. The minimum absolute atomic E-state index is 0.0544. The summed E-state index contributed by atoms with van der Waals surface area (Å²) in [5, 5.41) is 12.8. The van der Waals surface area contributed by atoms with Gasteiger partial charge in [0.05, 0.1) is 24.9 Å². The van der Waals surface area contributed by atoms with E-state index in [1.807, 2.05) is 0 Å². The number of hydrogen-bond acceptors (Lipinski definition) is 4. The lowest BCUT2D eigenvalue weighted by molar-refractivity contribution is -0.111. The second-order valence-corrected chi connectivity index (χ2v) is 5.78. The van der Waals surface area contributed by atoms with Crippen molar-refractivity contribution < 1.29 is 14.6 Å². The highest BCUT2D eigenvalue weighted by Crippen LogP contribution is 2.38. The van der Waals surface area contributed by atoms with Crippen LogP contribution in [0.1, 0.15) is 44.9 Å². The van der Waals surface area contributed by atoms with E-state index in [1.165, 1.54) is 32.1 Å². The largest absolute Gasteiger partial charge is 0.395 e. The van der Waals surface area contributed by atoms with E-state index in [2.05, 4.69) is 5.32 Å². The molecule has 18 heavy (non-hydrogen) atoms. The molecule has 0 radical (unpaired) electrons. The van der Waals surface area contributed by atoms with E-state index in [4.69, 9.17) is 9.47 Å². The number of aliphatic hydroxyl groups is 1. The van der Waals surface area contributed by atoms with Crippen LogP contribution in [-0.2, 0) is 9.47 Å². The standard InChI is InChI=1S/C14H27NO3/c1-17-11-13(10-16)15-12-5-8-18-14(9-12)6-3-2-4-7-14/h12-13,15-16H,2-11H2,1H3. The molecule has 2 fully saturated rings. The molecule has 1 spiro atoms. The molecule has 0 aromatic carbocycles. The average Bonchev–Trinajstić information content (AvgIpc) is 2.39. The molecule has 1 saturated heterocycles. The Hall–Kier alpha value is -0.160. The van der Waals surface area contributed by atoms with Gasteiger partial charge in [0, 0.05) is 19.8 Å². The Labute approximate surface area is 110 Å². The summed E-state index contributed by atoms with van der Waals surface area (Å²) in [7, 11) is 1.68. The van der Waals surface area contributed by atoms with Crippen molar-refractivity contribution in [3.8, 4) is 0 Å². The Kier molecular flexibility index (Phi) is 5.42. The van der Waals surface area contributed by atoms with Gasteiger partial charge in [-0.3, -0.25) is 0 Å². The molecule has 1 aliphatic carbocycles. The van der Waals surface area contributed by atoms with E-state index in [-0.39, 0.29) is 18.2 Å². The molecule has 0 aromatic heterocycles. The summed E-state index contributed by atoms with van der Waals surface area (Å²) >= 11 is 0. The molecular weight excluding hydrogens is 230 g/mol. The third kappa shape index (κ3) is 3.67. The first-order valence-corrected chi connectivity index (χ1v) is 7.28. The number of methoxy groups -OCH3 is 1. The Morgan fingerprint density at radius 1 is 1.39 bits per heavy atom. The molecule has 2 unspecified atom stereocenters. The maximum atomic E-state index is 9.32. The molecule has 2 aliphatic rings. The summed E-state index contributed by atoms with van der Waals surface area (Å²) in [6, 6.07) is 0.517. The van der Waals surface area contributed by atoms with Gasteiger partial charge in [0.15, 0.2) is 0 Å². The molecule has 106 valence electrons. The smallest absolute Gasteiger partial charge is 0.0697 e. The highest BCUT2D eigenvalue weighted by atomic mass is 16.5. The first-order valence-electron chi connectivity index (χ1n) is 7.28. The van der Waals surface area contributed by atoms with E-state index in [0.29, 0.717) is 12.6 Å². The lowest BCUT2D eigenvalue weighted by atomic mass is 9.78. The van der Waals surface area contributed by atoms with E-state index in [0.717, 1.165) is 19.4 Å². The summed E-state index contributed by atoms with van der Waals surface area (Å²) in [5.74, 6) is 0. The lowest BCUT2D eigenvalue weighted by Crippen LogP contribution is -2.52. The minimum Gasteiger partial charge on any atom is -0.395 e. The van der Waals surface area contributed by atoms with Crippen molar-refractivity contribution in [2.75, 3.05) is 26.9 Å². The van der Waals surface area contributed by atoms with E-state index in [1.54, 1.807) is 7.11 Å². The summed E-state index contributed by atoms with van der Waals surface area (Å²) in [4.78, 5) is 0. The van der Waals surface area contributed by atoms with Crippen LogP contribution in [0.15, 0.2) is 0 Å². The zero-order valence-corrected chi connectivity index (χ0v) is 11.5. The zero-order chi connectivity index (χ0) is 12.8. The van der Waals surface area contributed by atoms with Gasteiger partial charge in [-0.2, -0.15) is 0 Å². The van der Waals surface area contributed by atoms with Crippen LogP contribution in [0.3, 0.4) is 0 Å². The number of ether oxygens (including phenoxy) is 2. The Balaban J connectivity index is 1.85. The van der Waals surface area contributed by atoms with Crippen LogP contribution >= 0.6 is 0 Å². The van der Waals surface area contributed by atoms with Crippen LogP contribution in [-0.4, -0.2) is 49.7 Å². The van der Waals surface area contributed by atoms with Gasteiger partial charge in [-0.05, 0) is 25.7 Å². The highest BCUT2D eigenvalue weighted by Gasteiger charge is 2.38. The van der Waals surface area contributed by atoms with Crippen LogP contribution in [0.25, 0.3) is 0 Å². The van der Waals surface area contributed by atoms with Crippen molar-refractivity contribution in [2.24, 2.45) is 0 Å². The maximum Gasteiger partial charge on any atom is 0.0697 e. The van der Waals surface area contributed by atoms with Crippen LogP contribution < -0.4 is 5.32 Å². The molecule has 2 atom stereocenters. The summed E-state index contributed by atoms with van der Waals surface area (Å²) in [5.41, 5.74) is 0.126. The summed E-state index contributed by atoms with van der Waals surface area (Å²) < 4.78 is 11.2. The summed E-state index contributed by atoms with van der Waals surface area (Å²) in [6.07, 6.45) is 8.50. The van der Waals surface area contributed by atoms with Crippen molar-refractivity contribution in [3.63, 3.8) is 0 Å². The number of nitrogens with one attached hydrogen (secondary N) is 1. The Morgan fingerprint density at radius 2 is 2.17 bits per heavy atom. The molecule has 4 nitrogen and oxygen atoms in total. The van der Waals surface area contributed by atoms with Gasteiger partial charge in [0.1, 0.15) is 0 Å². The third-order valence-electron chi connectivity index (χ3n) is 4.32. The second-order valence-electron chi connectivity index (χ2n) is 5.78. The van der Waals surface area contributed by atoms with Gasteiger partial charge in [0.2, 0.25) is 0 Å². The topological polar surface area (TPSA) is 50.7 Å². The molecule has 2 N–H and O–H groups in total. The van der Waals surface area contributed by atoms with E-state index in [9.17, 15) is 5.11 Å². The van der Waals surface area contributed by atoms with Crippen molar-refractivity contribution in [3.05, 3.63) is 0 Å². The fraction of sp³-hybridized carbons (Fsp3) is 1.00. The van der Waals surface area contributed by atoms with Crippen molar-refractivity contribution >= 4 is 0 Å². The summed E-state index contributed by atoms with van der Waals surface area (Å²) in [6.45, 7) is 1.56. The van der Waals surface area contributed by atoms with Gasteiger partial charge >= 0.3 is 0 Å². The van der Waals surface area contributed by atoms with E-state index >= 15 is 0 Å². The van der Waals surface area contributed by atoms with Crippen LogP contribution in [0.2, 0.25) is 0 Å². The fourth-order valence-corrected chi connectivity index (χ4v) is 3.40. The van der Waals surface area contributed by atoms with Gasteiger partial charge < -0.3 is 19.9 Å². The lowest BCUT2D eigenvalue weighted by Gasteiger charge is -2.44. The molecular formula is C14H27NO3. The Morgan fingerprint density at radius 3 is 2.83 bits per heavy atom. The maximum absolute atomic E-state index is 9.32. The second kappa shape index (κ2) is 6.85. The SMILES string of the molecule is COCC(CO)NC1CCOC2(CCCCC2)C1. The minimum atomic E-state index is 0.0544. The average molecular weight is 257 g/mol. The monoisotopic (exact) mass is 257 g/mol. The normalized spacial score (nSPS) is 29.3. The van der Waals surface area contributed by atoms with Gasteiger partial charge in [0.25, 0.3) is 0 Å². The van der Waals surface area contributed by atoms with Gasteiger partial charge in [-0.25, -0.2) is 0 Å².